The summed E-state index contributed by atoms with van der Waals surface area (Å²) in [6.07, 6.45) is -0.834. The third-order valence-corrected chi connectivity index (χ3v) is 4.19. The highest BCUT2D eigenvalue weighted by atomic mass is 35.5. The number of hydrogen-bond acceptors (Lipinski definition) is 7. The number of amides is 1. The van der Waals surface area contributed by atoms with Crippen LogP contribution in [0.15, 0.2) is 51.7 Å². The molecule has 3 rings (SSSR count). The summed E-state index contributed by atoms with van der Waals surface area (Å²) < 4.78 is 12.5. The van der Waals surface area contributed by atoms with Gasteiger partial charge in [-0.3, -0.25) is 10.3 Å². The molecule has 1 amide bonds. The number of imidazole rings is 1. The molecule has 0 bridgehead atoms. The quantitative estimate of drug-likeness (QED) is 0.201. The Balaban J connectivity index is 1.87. The fraction of sp³-hybridized carbons (Fsp3) is 0.263. The van der Waals surface area contributed by atoms with Crippen molar-refractivity contribution in [3.05, 3.63) is 47.1 Å². The average molecular weight is 445 g/mol. The van der Waals surface area contributed by atoms with E-state index in [1.807, 2.05) is 0 Å². The second kappa shape index (κ2) is 9.85. The molecule has 0 unspecified atom stereocenters. The van der Waals surface area contributed by atoms with Crippen LogP contribution in [0.25, 0.3) is 11.0 Å². The van der Waals surface area contributed by atoms with Crippen molar-refractivity contribution in [2.45, 2.75) is 26.6 Å². The van der Waals surface area contributed by atoms with E-state index in [0.29, 0.717) is 27.6 Å². The number of nitrogens with zero attached hydrogens (tertiary/aromatic N) is 6. The lowest BCUT2D eigenvalue weighted by Gasteiger charge is -2.11. The number of para-hydroxylation sites is 1. The summed E-state index contributed by atoms with van der Waals surface area (Å²) in [5, 5.41) is 10.1. The van der Waals surface area contributed by atoms with Crippen molar-refractivity contribution in [3.63, 3.8) is 0 Å². The van der Waals surface area contributed by atoms with Gasteiger partial charge in [0.15, 0.2) is 0 Å². The molecule has 0 spiro atoms. The number of carbonyl (C=O) groups is 1. The molecule has 3 N–H and O–H groups in total. The maximum atomic E-state index is 11.8. The van der Waals surface area contributed by atoms with E-state index >= 15 is 0 Å². The minimum absolute atomic E-state index is 0.0481. The lowest BCUT2D eigenvalue weighted by molar-refractivity contribution is 0.130. The maximum absolute atomic E-state index is 11.8. The van der Waals surface area contributed by atoms with E-state index in [2.05, 4.69) is 30.6 Å². The molecule has 0 saturated heterocycles. The topological polar surface area (TPSA) is 141 Å². The van der Waals surface area contributed by atoms with Crippen molar-refractivity contribution in [1.29, 1.82) is 0 Å². The van der Waals surface area contributed by atoms with Crippen LogP contribution in [0.2, 0.25) is 5.02 Å². The number of rotatable bonds is 5. The molecule has 31 heavy (non-hydrogen) atoms. The summed E-state index contributed by atoms with van der Waals surface area (Å²) in [6, 6.07) is 10.6. The zero-order valence-electron chi connectivity index (χ0n) is 17.1. The number of hydrogen-bond donors (Lipinski definition) is 2. The van der Waals surface area contributed by atoms with E-state index in [-0.39, 0.29) is 24.7 Å². The number of fused-ring (bicyclic) bond motifs is 1. The highest BCUT2D eigenvalue weighted by Gasteiger charge is 2.19. The fourth-order valence-electron chi connectivity index (χ4n) is 2.69. The number of anilines is 1. The lowest BCUT2D eigenvalue weighted by Crippen LogP contribution is -2.19. The molecule has 162 valence electrons. The highest BCUT2D eigenvalue weighted by molar-refractivity contribution is 6.35. The summed E-state index contributed by atoms with van der Waals surface area (Å²) in [4.78, 5) is 24.7. The number of ether oxygens (including phenoxy) is 2. The Morgan fingerprint density at radius 2 is 2.03 bits per heavy atom. The molecule has 12 heteroatoms. The van der Waals surface area contributed by atoms with E-state index < -0.39 is 6.09 Å². The van der Waals surface area contributed by atoms with Crippen LogP contribution in [0, 0.1) is 0 Å². The van der Waals surface area contributed by atoms with E-state index in [0.717, 1.165) is 0 Å². The molecular weight excluding hydrogens is 424 g/mol. The van der Waals surface area contributed by atoms with Crippen LogP contribution >= 0.6 is 11.6 Å². The summed E-state index contributed by atoms with van der Waals surface area (Å²) >= 11 is 6.28. The van der Waals surface area contributed by atoms with Gasteiger partial charge in [0.1, 0.15) is 17.9 Å². The normalized spacial score (nSPS) is 12.0. The first kappa shape index (κ1) is 22.0. The van der Waals surface area contributed by atoms with Crippen LogP contribution in [0.1, 0.15) is 19.5 Å². The molecule has 3 aromatic rings. The molecular formula is C19H21ClN8O3. The number of aliphatic imine (C=N–C) groups is 1. The van der Waals surface area contributed by atoms with Crippen LogP contribution in [0.5, 0.6) is 6.01 Å². The number of nitrogens with two attached hydrogens (primary N) is 1. The van der Waals surface area contributed by atoms with Gasteiger partial charge in [-0.15, -0.1) is 0 Å². The number of benzene rings is 1. The maximum Gasteiger partial charge on any atom is 0.413 e. The molecule has 0 fully saturated rings. The van der Waals surface area contributed by atoms with Gasteiger partial charge in [0.2, 0.25) is 0 Å². The second-order valence-corrected chi connectivity index (χ2v) is 6.87. The zero-order valence-corrected chi connectivity index (χ0v) is 17.9. The van der Waals surface area contributed by atoms with Crippen molar-refractivity contribution in [3.8, 4) is 6.01 Å². The molecule has 0 aliphatic rings. The zero-order chi connectivity index (χ0) is 22.4. The molecule has 0 aliphatic heterocycles. The molecule has 0 saturated carbocycles. The van der Waals surface area contributed by atoms with Crippen molar-refractivity contribution in [2.24, 2.45) is 21.2 Å². The molecule has 1 aromatic carbocycles. The Hall–Kier alpha value is -3.73. The van der Waals surface area contributed by atoms with Crippen LogP contribution in [0.3, 0.4) is 0 Å². The van der Waals surface area contributed by atoms with Gasteiger partial charge in [0.05, 0.1) is 22.3 Å². The van der Waals surface area contributed by atoms with Gasteiger partial charge in [-0.25, -0.2) is 14.3 Å². The average Bonchev–Trinajstić information content (AvgIpc) is 3.10. The van der Waals surface area contributed by atoms with Gasteiger partial charge < -0.3 is 15.3 Å². The van der Waals surface area contributed by atoms with Crippen LogP contribution in [-0.2, 0) is 11.3 Å². The first-order valence-corrected chi connectivity index (χ1v) is 9.62. The Morgan fingerprint density at radius 1 is 1.26 bits per heavy atom. The van der Waals surface area contributed by atoms with Crippen molar-refractivity contribution in [1.82, 2.24) is 14.5 Å². The highest BCUT2D eigenvalue weighted by Crippen LogP contribution is 2.28. The smallest absolute Gasteiger partial charge is 0.413 e. The lowest BCUT2D eigenvalue weighted by atomic mass is 10.3. The Kier molecular flexibility index (Phi) is 6.98. The minimum Gasteiger partial charge on any atom is -0.458 e. The third-order valence-electron chi connectivity index (χ3n) is 3.88. The summed E-state index contributed by atoms with van der Waals surface area (Å²) in [5.74, 6) is 5.71. The largest absolute Gasteiger partial charge is 0.458 e. The van der Waals surface area contributed by atoms with Gasteiger partial charge in [-0.05, 0) is 38.1 Å². The van der Waals surface area contributed by atoms with Crippen LogP contribution in [-0.4, -0.2) is 39.7 Å². The van der Waals surface area contributed by atoms with Crippen LogP contribution < -0.4 is 15.9 Å². The van der Waals surface area contributed by atoms with E-state index in [9.17, 15) is 4.79 Å². The van der Waals surface area contributed by atoms with Crippen molar-refractivity contribution < 1.29 is 14.3 Å². The first-order valence-electron chi connectivity index (χ1n) is 9.24. The molecule has 11 nitrogen and oxygen atoms in total. The van der Waals surface area contributed by atoms with Gasteiger partial charge in [0, 0.05) is 7.05 Å². The number of carbonyl (C=O) groups excluding carboxylic acids is 1. The van der Waals surface area contributed by atoms with Gasteiger partial charge >= 0.3 is 12.1 Å². The fourth-order valence-corrected chi connectivity index (χ4v) is 2.90. The first-order chi connectivity index (χ1) is 14.9. The van der Waals surface area contributed by atoms with Crippen molar-refractivity contribution in [2.75, 3.05) is 12.4 Å². The van der Waals surface area contributed by atoms with Gasteiger partial charge in [-0.1, -0.05) is 34.1 Å². The summed E-state index contributed by atoms with van der Waals surface area (Å²) in [7, 11) is 1.54. The molecule has 2 heterocycles. The number of nitrogens with one attached hydrogen (secondary N) is 1. The third kappa shape index (κ3) is 5.25. The molecule has 0 radical (unpaired) electrons. The molecule has 0 aliphatic carbocycles. The summed E-state index contributed by atoms with van der Waals surface area (Å²) in [5.41, 5.74) is 1.67. The second-order valence-electron chi connectivity index (χ2n) is 6.46. The Labute approximate surface area is 182 Å². The number of pyridine rings is 1. The molecule has 0 atom stereocenters. The van der Waals surface area contributed by atoms with E-state index in [1.54, 1.807) is 54.8 Å². The Morgan fingerprint density at radius 3 is 2.74 bits per heavy atom. The summed E-state index contributed by atoms with van der Waals surface area (Å²) in [6.45, 7) is 3.56. The monoisotopic (exact) mass is 444 g/mol. The number of aromatic nitrogens is 3. The Bertz CT molecular complexity index is 1140. The van der Waals surface area contributed by atoms with Gasteiger partial charge in [0.25, 0.3) is 5.96 Å². The van der Waals surface area contributed by atoms with Gasteiger partial charge in [-0.2, -0.15) is 4.98 Å². The molecule has 2 aromatic heterocycles. The van der Waals surface area contributed by atoms with Crippen LogP contribution in [0.4, 0.5) is 10.6 Å². The predicted octanol–water partition coefficient (Wildman–Crippen LogP) is 3.78. The van der Waals surface area contributed by atoms with E-state index in [1.165, 1.54) is 7.05 Å². The van der Waals surface area contributed by atoms with E-state index in [4.69, 9.17) is 26.9 Å². The standard InChI is InChI=1S/C19H21ClN8O3/c1-11(2)31-19(29)24-15-9-4-6-12(23-15)10-30-18-25-16-13(20)7-5-8-14(16)28(18)17(22-3)26-27-21/h4-9,11H,10H2,1-3H3,(H2,21,22,26)(H,23,24,29). The van der Waals surface area contributed by atoms with Crippen molar-refractivity contribution >= 4 is 40.5 Å². The minimum atomic E-state index is -0.590. The number of halogens is 1. The SMILES string of the molecule is CN=C(/N=N\N)n1c(OCc2cccc(NC(=O)OC(C)C)n2)nc2c(Cl)cccc21. The predicted molar refractivity (Wildman–Crippen MR) is 116 cm³/mol.